The largest absolute Gasteiger partial charge is 0.112 e. The van der Waals surface area contributed by atoms with E-state index in [1.165, 1.54) is 58.7 Å². The molecule has 4 heteroatoms. The second-order valence-corrected chi connectivity index (χ2v) is 18.5. The Kier molecular flexibility index (Phi) is 11.8. The lowest BCUT2D eigenvalue weighted by molar-refractivity contribution is 0.735. The molecule has 4 aromatic carbocycles. The van der Waals surface area contributed by atoms with E-state index in [0.29, 0.717) is 4.90 Å². The van der Waals surface area contributed by atoms with Gasteiger partial charge in [-0.1, -0.05) is 135 Å². The molecule has 0 bridgehead atoms. The van der Waals surface area contributed by atoms with Crippen LogP contribution < -0.4 is 21.2 Å². The molecule has 192 valence electrons. The lowest BCUT2D eigenvalue weighted by Crippen LogP contribution is -2.25. The highest BCUT2D eigenvalue weighted by Crippen LogP contribution is 2.55. The molecule has 4 aromatic rings. The van der Waals surface area contributed by atoms with E-state index in [4.69, 9.17) is 0 Å². The van der Waals surface area contributed by atoms with Crippen LogP contribution in [0.4, 0.5) is 0 Å². The minimum Gasteiger partial charge on any atom is -0.112 e. The van der Waals surface area contributed by atoms with Gasteiger partial charge in [0.25, 0.3) is 0 Å². The van der Waals surface area contributed by atoms with Crippen LogP contribution in [0.1, 0.15) is 26.7 Å². The molecule has 2 unspecified atom stereocenters. The van der Waals surface area contributed by atoms with Gasteiger partial charge in [-0.2, -0.15) is 0 Å². The Balaban J connectivity index is 1.59. The lowest BCUT2D eigenvalue weighted by Gasteiger charge is -2.37. The standard InChI is InChI=1S/C33H40P4/c1-3-34-33(35-4-2,25-27-36(29-17-9-5-10-18-29)30-19-11-6-12-20-30)26-28-37(31-21-13-7-14-22-31)32-23-15-8-16-24-32/h5-24,34-35H,3-4,25-28H2,1-2H3. The first-order valence-corrected chi connectivity index (χ1v) is 19.0. The average Bonchev–Trinajstić information content (AvgIpc) is 2.96. The maximum Gasteiger partial charge on any atom is 0.00567 e. The topological polar surface area (TPSA) is 0 Å². The Morgan fingerprint density at radius 3 is 0.973 bits per heavy atom. The fourth-order valence-electron chi connectivity index (χ4n) is 5.07. The van der Waals surface area contributed by atoms with E-state index in [0.717, 1.165) is 17.2 Å². The molecule has 2 atom stereocenters. The van der Waals surface area contributed by atoms with E-state index in [1.807, 2.05) is 0 Å². The average molecular weight is 561 g/mol. The minimum atomic E-state index is -0.336. The predicted molar refractivity (Wildman–Crippen MR) is 178 cm³/mol. The Hall–Kier alpha value is -1.40. The van der Waals surface area contributed by atoms with Crippen molar-refractivity contribution in [2.45, 2.75) is 31.6 Å². The molecule has 0 aliphatic rings. The van der Waals surface area contributed by atoms with Crippen molar-refractivity contribution in [2.24, 2.45) is 0 Å². The molecule has 0 aliphatic heterocycles. The molecule has 0 aromatic heterocycles. The maximum absolute atomic E-state index is 2.40. The lowest BCUT2D eigenvalue weighted by atomic mass is 10.2. The van der Waals surface area contributed by atoms with Crippen molar-refractivity contribution in [2.75, 3.05) is 24.6 Å². The van der Waals surface area contributed by atoms with Crippen LogP contribution in [-0.4, -0.2) is 29.5 Å². The quantitative estimate of drug-likeness (QED) is 0.137. The van der Waals surface area contributed by atoms with Crippen LogP contribution >= 0.6 is 33.0 Å². The third-order valence-electron chi connectivity index (χ3n) is 6.83. The van der Waals surface area contributed by atoms with E-state index >= 15 is 0 Å². The van der Waals surface area contributed by atoms with Gasteiger partial charge in [-0.3, -0.25) is 0 Å². The van der Waals surface area contributed by atoms with Gasteiger partial charge in [-0.25, -0.2) is 0 Å². The first-order valence-electron chi connectivity index (χ1n) is 13.5. The van der Waals surface area contributed by atoms with Gasteiger partial charge in [-0.05, 0) is 74.6 Å². The molecular formula is C33H40P4. The zero-order valence-corrected chi connectivity index (χ0v) is 26.0. The summed E-state index contributed by atoms with van der Waals surface area (Å²) >= 11 is 0. The highest BCUT2D eigenvalue weighted by Gasteiger charge is 2.31. The first kappa shape index (κ1) is 28.6. The summed E-state index contributed by atoms with van der Waals surface area (Å²) in [6, 6.07) is 45.2. The fraction of sp³-hybridized carbons (Fsp3) is 0.273. The fourth-order valence-corrected chi connectivity index (χ4v) is 15.0. The molecule has 4 rings (SSSR count). The van der Waals surface area contributed by atoms with Crippen molar-refractivity contribution in [3.63, 3.8) is 0 Å². The summed E-state index contributed by atoms with van der Waals surface area (Å²) in [5, 5.41) is 6.09. The summed E-state index contributed by atoms with van der Waals surface area (Å²) in [6.07, 6.45) is 7.87. The van der Waals surface area contributed by atoms with Crippen molar-refractivity contribution in [3.8, 4) is 0 Å². The van der Waals surface area contributed by atoms with Crippen LogP contribution in [0.3, 0.4) is 0 Å². The van der Waals surface area contributed by atoms with Gasteiger partial charge in [-0.15, -0.1) is 17.2 Å². The monoisotopic (exact) mass is 560 g/mol. The van der Waals surface area contributed by atoms with Crippen molar-refractivity contribution in [1.82, 2.24) is 0 Å². The molecule has 0 saturated heterocycles. The summed E-state index contributed by atoms with van der Waals surface area (Å²) in [6.45, 7) is 4.81. The summed E-state index contributed by atoms with van der Waals surface area (Å²) in [7, 11) is 1.42. The number of rotatable bonds is 14. The molecule has 0 radical (unpaired) electrons. The van der Waals surface area contributed by atoms with E-state index in [-0.39, 0.29) is 15.8 Å². The van der Waals surface area contributed by atoms with Gasteiger partial charge in [0, 0.05) is 4.90 Å². The summed E-state index contributed by atoms with van der Waals surface area (Å²) in [4.78, 5) is 0.470. The van der Waals surface area contributed by atoms with Crippen LogP contribution in [-0.2, 0) is 0 Å². The zero-order valence-electron chi connectivity index (χ0n) is 22.2. The molecule has 0 aliphatic carbocycles. The highest BCUT2D eigenvalue weighted by atomic mass is 31.1. The molecule has 0 nitrogen and oxygen atoms in total. The Bertz CT molecular complexity index is 976. The van der Waals surface area contributed by atoms with Crippen LogP contribution in [0, 0.1) is 0 Å². The van der Waals surface area contributed by atoms with Gasteiger partial charge >= 0.3 is 0 Å². The maximum atomic E-state index is 2.40. The summed E-state index contributed by atoms with van der Waals surface area (Å²) in [5.74, 6) is 0. The number of hydrogen-bond donors (Lipinski definition) is 0. The molecular weight excluding hydrogens is 520 g/mol. The molecule has 37 heavy (non-hydrogen) atoms. The second-order valence-electron chi connectivity index (χ2n) is 9.29. The van der Waals surface area contributed by atoms with Crippen LogP contribution in [0.5, 0.6) is 0 Å². The number of hydrogen-bond acceptors (Lipinski definition) is 0. The van der Waals surface area contributed by atoms with Gasteiger partial charge in [0.2, 0.25) is 0 Å². The van der Waals surface area contributed by atoms with Crippen LogP contribution in [0.2, 0.25) is 0 Å². The Morgan fingerprint density at radius 1 is 0.459 bits per heavy atom. The van der Waals surface area contributed by atoms with Gasteiger partial charge in [0.05, 0.1) is 0 Å². The van der Waals surface area contributed by atoms with Crippen molar-refractivity contribution >= 4 is 54.2 Å². The summed E-state index contributed by atoms with van der Waals surface area (Å²) in [5.41, 5.74) is 0. The minimum absolute atomic E-state index is 0.336. The van der Waals surface area contributed by atoms with E-state index < -0.39 is 0 Å². The van der Waals surface area contributed by atoms with Gasteiger partial charge in [0.15, 0.2) is 0 Å². The van der Waals surface area contributed by atoms with Gasteiger partial charge in [0.1, 0.15) is 0 Å². The van der Waals surface area contributed by atoms with Crippen LogP contribution in [0.15, 0.2) is 121 Å². The first-order chi connectivity index (χ1) is 18.2. The third-order valence-corrected chi connectivity index (χ3v) is 16.0. The van der Waals surface area contributed by atoms with E-state index in [2.05, 4.69) is 135 Å². The van der Waals surface area contributed by atoms with E-state index in [1.54, 1.807) is 0 Å². The van der Waals surface area contributed by atoms with Crippen LogP contribution in [0.25, 0.3) is 0 Å². The molecule has 0 heterocycles. The number of benzene rings is 4. The molecule has 0 spiro atoms. The third kappa shape index (κ3) is 8.29. The zero-order chi connectivity index (χ0) is 25.8. The molecule has 0 amide bonds. The molecule has 0 fully saturated rings. The highest BCUT2D eigenvalue weighted by molar-refractivity contribution is 7.73. The van der Waals surface area contributed by atoms with Crippen molar-refractivity contribution in [1.29, 1.82) is 0 Å². The second kappa shape index (κ2) is 15.3. The Morgan fingerprint density at radius 2 is 0.730 bits per heavy atom. The van der Waals surface area contributed by atoms with Gasteiger partial charge < -0.3 is 0 Å². The Labute approximate surface area is 231 Å². The normalized spacial score (nSPS) is 12.4. The smallest absolute Gasteiger partial charge is 0.00567 e. The SMILES string of the molecule is CCPC(CCP(c1ccccc1)c1ccccc1)(CCP(c1ccccc1)c1ccccc1)PCC. The van der Waals surface area contributed by atoms with Crippen molar-refractivity contribution in [3.05, 3.63) is 121 Å². The predicted octanol–water partition coefficient (Wildman–Crippen LogP) is 8.13. The summed E-state index contributed by atoms with van der Waals surface area (Å²) < 4.78 is 0. The molecule has 0 saturated carbocycles. The van der Waals surface area contributed by atoms with E-state index in [9.17, 15) is 0 Å². The van der Waals surface area contributed by atoms with Crippen molar-refractivity contribution < 1.29 is 0 Å². The molecule has 0 N–H and O–H groups in total.